The molecule has 0 spiro atoms. The molecule has 2 unspecified atom stereocenters. The fourth-order valence-electron chi connectivity index (χ4n) is 3.42. The summed E-state index contributed by atoms with van der Waals surface area (Å²) in [6.07, 6.45) is 6.24. The van der Waals surface area contributed by atoms with Crippen LogP contribution in [0.25, 0.3) is 0 Å². The molecule has 3 heterocycles. The molecule has 0 amide bonds. The Bertz CT molecular complexity index is 514. The minimum atomic E-state index is -0.313. The maximum Gasteiger partial charge on any atom is 0.311 e. The van der Waals surface area contributed by atoms with Crippen molar-refractivity contribution < 1.29 is 4.92 Å². The number of nitro groups is 1. The average molecular weight is 276 g/mol. The number of anilines is 1. The Morgan fingerprint density at radius 1 is 1.45 bits per heavy atom. The summed E-state index contributed by atoms with van der Waals surface area (Å²) in [6.45, 7) is 3.75. The predicted molar refractivity (Wildman–Crippen MR) is 77.0 cm³/mol. The summed E-state index contributed by atoms with van der Waals surface area (Å²) < 4.78 is 0. The third kappa shape index (κ3) is 2.35. The molecule has 0 radical (unpaired) electrons. The molecule has 2 atom stereocenters. The highest BCUT2D eigenvalue weighted by Gasteiger charge is 2.36. The second-order valence-corrected chi connectivity index (χ2v) is 5.72. The van der Waals surface area contributed by atoms with Gasteiger partial charge in [0.25, 0.3) is 0 Å². The van der Waals surface area contributed by atoms with Crippen molar-refractivity contribution in [3.63, 3.8) is 0 Å². The standard InChI is InChI=1S/C14H20N4O2/c1-10-8-13(18(19)20)14(16-9-10)17-7-3-5-12(17)11-4-2-6-15-11/h8-9,11-12,15H,2-7H2,1H3. The van der Waals surface area contributed by atoms with Crippen molar-refractivity contribution >= 4 is 11.5 Å². The van der Waals surface area contributed by atoms with E-state index in [9.17, 15) is 10.1 Å². The normalized spacial score (nSPS) is 26.1. The Morgan fingerprint density at radius 2 is 2.30 bits per heavy atom. The molecule has 2 saturated heterocycles. The fourth-order valence-corrected chi connectivity index (χ4v) is 3.42. The predicted octanol–water partition coefficient (Wildman–Crippen LogP) is 2.02. The topological polar surface area (TPSA) is 71.3 Å². The molecule has 3 rings (SSSR count). The van der Waals surface area contributed by atoms with Crippen LogP contribution in [0.5, 0.6) is 0 Å². The summed E-state index contributed by atoms with van der Waals surface area (Å²) in [7, 11) is 0. The summed E-state index contributed by atoms with van der Waals surface area (Å²) in [5.74, 6) is 0.539. The highest BCUT2D eigenvalue weighted by molar-refractivity contribution is 5.60. The van der Waals surface area contributed by atoms with E-state index in [-0.39, 0.29) is 10.6 Å². The van der Waals surface area contributed by atoms with Gasteiger partial charge < -0.3 is 10.2 Å². The van der Waals surface area contributed by atoms with Gasteiger partial charge in [-0.05, 0) is 44.7 Å². The van der Waals surface area contributed by atoms with E-state index in [1.165, 1.54) is 6.42 Å². The number of nitrogens with one attached hydrogen (secondary N) is 1. The van der Waals surface area contributed by atoms with Gasteiger partial charge in [-0.15, -0.1) is 0 Å². The van der Waals surface area contributed by atoms with Gasteiger partial charge in [-0.2, -0.15) is 0 Å². The quantitative estimate of drug-likeness (QED) is 0.675. The minimum Gasteiger partial charge on any atom is -0.346 e. The number of aromatic nitrogens is 1. The largest absolute Gasteiger partial charge is 0.346 e. The third-order valence-electron chi connectivity index (χ3n) is 4.31. The maximum absolute atomic E-state index is 11.3. The zero-order chi connectivity index (χ0) is 14.1. The fraction of sp³-hybridized carbons (Fsp3) is 0.643. The molecule has 6 nitrogen and oxygen atoms in total. The summed E-state index contributed by atoms with van der Waals surface area (Å²) >= 11 is 0. The molecule has 1 aromatic rings. The van der Waals surface area contributed by atoms with Crippen LogP contribution in [-0.2, 0) is 0 Å². The molecule has 0 saturated carbocycles. The smallest absolute Gasteiger partial charge is 0.311 e. The first-order chi connectivity index (χ1) is 9.66. The van der Waals surface area contributed by atoms with Gasteiger partial charge in [0.05, 0.1) is 4.92 Å². The number of rotatable bonds is 3. The lowest BCUT2D eigenvalue weighted by molar-refractivity contribution is -0.384. The van der Waals surface area contributed by atoms with Crippen LogP contribution >= 0.6 is 0 Å². The Balaban J connectivity index is 1.92. The molecule has 2 aliphatic heterocycles. The summed E-state index contributed by atoms with van der Waals surface area (Å²) in [6, 6.07) is 2.41. The summed E-state index contributed by atoms with van der Waals surface area (Å²) in [5.41, 5.74) is 0.963. The summed E-state index contributed by atoms with van der Waals surface area (Å²) in [5, 5.41) is 14.8. The first kappa shape index (κ1) is 13.3. The van der Waals surface area contributed by atoms with Crippen molar-refractivity contribution in [1.82, 2.24) is 10.3 Å². The van der Waals surface area contributed by atoms with E-state index < -0.39 is 0 Å². The van der Waals surface area contributed by atoms with Gasteiger partial charge >= 0.3 is 5.69 Å². The van der Waals surface area contributed by atoms with Crippen LogP contribution in [0.3, 0.4) is 0 Å². The van der Waals surface area contributed by atoms with Gasteiger partial charge in [-0.25, -0.2) is 4.98 Å². The van der Waals surface area contributed by atoms with Gasteiger partial charge in [0, 0.05) is 30.9 Å². The number of pyridine rings is 1. The Kier molecular flexibility index (Phi) is 3.56. The van der Waals surface area contributed by atoms with Crippen molar-refractivity contribution in [2.45, 2.75) is 44.7 Å². The number of hydrogen-bond acceptors (Lipinski definition) is 5. The van der Waals surface area contributed by atoms with E-state index in [2.05, 4.69) is 15.2 Å². The molecule has 1 N–H and O–H groups in total. The van der Waals surface area contributed by atoms with Crippen molar-refractivity contribution in [3.8, 4) is 0 Å². The second-order valence-electron chi connectivity index (χ2n) is 5.72. The molecule has 1 aromatic heterocycles. The van der Waals surface area contributed by atoms with Crippen molar-refractivity contribution in [3.05, 3.63) is 27.9 Å². The third-order valence-corrected chi connectivity index (χ3v) is 4.31. The highest BCUT2D eigenvalue weighted by Crippen LogP contribution is 2.34. The lowest BCUT2D eigenvalue weighted by Gasteiger charge is -2.30. The summed E-state index contributed by atoms with van der Waals surface area (Å²) in [4.78, 5) is 17.5. The zero-order valence-corrected chi connectivity index (χ0v) is 11.7. The van der Waals surface area contributed by atoms with Crippen LogP contribution in [-0.4, -0.2) is 35.1 Å². The first-order valence-corrected chi connectivity index (χ1v) is 7.28. The SMILES string of the molecule is Cc1cnc(N2CCCC2C2CCCN2)c([N+](=O)[O-])c1. The van der Waals surface area contributed by atoms with E-state index in [4.69, 9.17) is 0 Å². The van der Waals surface area contributed by atoms with Crippen molar-refractivity contribution in [1.29, 1.82) is 0 Å². The minimum absolute atomic E-state index is 0.134. The molecule has 0 bridgehead atoms. The number of hydrogen-bond donors (Lipinski definition) is 1. The monoisotopic (exact) mass is 276 g/mol. The lowest BCUT2D eigenvalue weighted by Crippen LogP contribution is -2.44. The molecule has 108 valence electrons. The van der Waals surface area contributed by atoms with Gasteiger partial charge in [0.1, 0.15) is 0 Å². The van der Waals surface area contributed by atoms with Crippen molar-refractivity contribution in [2.24, 2.45) is 0 Å². The van der Waals surface area contributed by atoms with E-state index in [0.29, 0.717) is 17.9 Å². The Labute approximate surface area is 118 Å². The Morgan fingerprint density at radius 3 is 3.00 bits per heavy atom. The second kappa shape index (κ2) is 5.36. The first-order valence-electron chi connectivity index (χ1n) is 7.28. The van der Waals surface area contributed by atoms with E-state index >= 15 is 0 Å². The van der Waals surface area contributed by atoms with Crippen LogP contribution in [0.4, 0.5) is 11.5 Å². The maximum atomic E-state index is 11.3. The van der Waals surface area contributed by atoms with Crippen LogP contribution in [0.2, 0.25) is 0 Å². The average Bonchev–Trinajstić information content (AvgIpc) is 3.09. The molecular formula is C14H20N4O2. The zero-order valence-electron chi connectivity index (χ0n) is 11.7. The van der Waals surface area contributed by atoms with Crippen LogP contribution < -0.4 is 10.2 Å². The molecule has 2 aliphatic rings. The van der Waals surface area contributed by atoms with Crippen LogP contribution in [0.1, 0.15) is 31.2 Å². The van der Waals surface area contributed by atoms with E-state index in [1.807, 2.05) is 6.92 Å². The number of aryl methyl sites for hydroxylation is 1. The van der Waals surface area contributed by atoms with Gasteiger partial charge in [-0.1, -0.05) is 0 Å². The molecule has 20 heavy (non-hydrogen) atoms. The molecular weight excluding hydrogens is 256 g/mol. The van der Waals surface area contributed by atoms with Crippen LogP contribution in [0.15, 0.2) is 12.3 Å². The van der Waals surface area contributed by atoms with Gasteiger partial charge in [0.2, 0.25) is 5.82 Å². The van der Waals surface area contributed by atoms with E-state index in [1.54, 1.807) is 12.3 Å². The molecule has 0 aliphatic carbocycles. The molecule has 2 fully saturated rings. The van der Waals surface area contributed by atoms with Gasteiger partial charge in [-0.3, -0.25) is 10.1 Å². The molecule has 0 aromatic carbocycles. The van der Waals surface area contributed by atoms with Gasteiger partial charge in [0.15, 0.2) is 0 Å². The Hall–Kier alpha value is -1.69. The molecule has 6 heteroatoms. The lowest BCUT2D eigenvalue weighted by atomic mass is 10.0. The van der Waals surface area contributed by atoms with Crippen molar-refractivity contribution in [2.75, 3.05) is 18.0 Å². The highest BCUT2D eigenvalue weighted by atomic mass is 16.6. The van der Waals surface area contributed by atoms with E-state index in [0.717, 1.165) is 37.9 Å². The number of nitrogens with zero attached hydrogens (tertiary/aromatic N) is 3. The van der Waals surface area contributed by atoms with Crippen LogP contribution in [0, 0.1) is 17.0 Å².